The fourth-order valence-electron chi connectivity index (χ4n) is 3.32. The van der Waals surface area contributed by atoms with Crippen molar-refractivity contribution in [3.8, 4) is 0 Å². The molecular formula is C25H28. The maximum absolute atomic E-state index is 2.38. The minimum Gasteiger partial charge on any atom is -0.0654 e. The van der Waals surface area contributed by atoms with E-state index in [1.54, 1.807) is 0 Å². The second-order valence-corrected chi connectivity index (χ2v) is 6.93. The molecule has 0 aliphatic carbocycles. The normalized spacial score (nSPS) is 10.8. The van der Waals surface area contributed by atoms with Crippen LogP contribution in [0.1, 0.15) is 54.0 Å². The predicted octanol–water partition coefficient (Wildman–Crippen LogP) is 6.60. The molecule has 0 N–H and O–H groups in total. The number of aryl methyl sites for hydroxylation is 1. The SMILES string of the molecule is CCCCCc1cccc(Cc2ccc(Cc3ccccc3)cc2)c1. The molecule has 0 fully saturated rings. The monoisotopic (exact) mass is 328 g/mol. The molecule has 128 valence electrons. The second kappa shape index (κ2) is 9.22. The van der Waals surface area contributed by atoms with E-state index in [-0.39, 0.29) is 0 Å². The van der Waals surface area contributed by atoms with Gasteiger partial charge in [0.1, 0.15) is 0 Å². The molecule has 0 aliphatic rings. The molecule has 0 nitrogen and oxygen atoms in total. The number of hydrogen-bond acceptors (Lipinski definition) is 0. The largest absolute Gasteiger partial charge is 0.0654 e. The van der Waals surface area contributed by atoms with Crippen molar-refractivity contribution in [2.24, 2.45) is 0 Å². The van der Waals surface area contributed by atoms with E-state index in [0.717, 1.165) is 12.8 Å². The number of benzene rings is 3. The molecule has 0 spiro atoms. The van der Waals surface area contributed by atoms with Crippen LogP contribution in [0.25, 0.3) is 0 Å². The highest BCUT2D eigenvalue weighted by atomic mass is 14.1. The summed E-state index contributed by atoms with van der Waals surface area (Å²) in [5, 5.41) is 0. The van der Waals surface area contributed by atoms with Gasteiger partial charge in [-0.05, 0) is 53.5 Å². The fourth-order valence-corrected chi connectivity index (χ4v) is 3.32. The van der Waals surface area contributed by atoms with E-state index in [0.29, 0.717) is 0 Å². The molecule has 0 unspecified atom stereocenters. The average molecular weight is 328 g/mol. The molecule has 0 saturated carbocycles. The molecule has 0 heteroatoms. The minimum atomic E-state index is 1.01. The zero-order valence-corrected chi connectivity index (χ0v) is 15.2. The van der Waals surface area contributed by atoms with Crippen molar-refractivity contribution < 1.29 is 0 Å². The smallest absolute Gasteiger partial charge is 0.00257 e. The van der Waals surface area contributed by atoms with Crippen LogP contribution in [0.3, 0.4) is 0 Å². The summed E-state index contributed by atoms with van der Waals surface area (Å²) < 4.78 is 0. The Balaban J connectivity index is 1.60. The Kier molecular flexibility index (Phi) is 6.45. The third-order valence-corrected chi connectivity index (χ3v) is 4.74. The van der Waals surface area contributed by atoms with Crippen molar-refractivity contribution in [3.63, 3.8) is 0 Å². The maximum Gasteiger partial charge on any atom is -0.00257 e. The van der Waals surface area contributed by atoms with Crippen LogP contribution < -0.4 is 0 Å². The molecule has 0 bridgehead atoms. The molecular weight excluding hydrogens is 300 g/mol. The first kappa shape index (κ1) is 17.5. The van der Waals surface area contributed by atoms with Gasteiger partial charge in [-0.1, -0.05) is 98.6 Å². The van der Waals surface area contributed by atoms with E-state index >= 15 is 0 Å². The first-order valence-corrected chi connectivity index (χ1v) is 9.53. The standard InChI is InChI=1S/C25H28/c1-2-3-5-9-22-12-8-13-25(19-22)20-24-16-14-23(15-17-24)18-21-10-6-4-7-11-21/h4,6-8,10-17,19H,2-3,5,9,18,20H2,1H3. The van der Waals surface area contributed by atoms with Gasteiger partial charge in [0.2, 0.25) is 0 Å². The summed E-state index contributed by atoms with van der Waals surface area (Å²) in [6.07, 6.45) is 7.15. The Labute approximate surface area is 152 Å². The van der Waals surface area contributed by atoms with Gasteiger partial charge in [-0.2, -0.15) is 0 Å². The van der Waals surface area contributed by atoms with E-state index in [4.69, 9.17) is 0 Å². The molecule has 0 saturated heterocycles. The lowest BCUT2D eigenvalue weighted by Gasteiger charge is -2.07. The summed E-state index contributed by atoms with van der Waals surface area (Å²) in [7, 11) is 0. The summed E-state index contributed by atoms with van der Waals surface area (Å²) >= 11 is 0. The quantitative estimate of drug-likeness (QED) is 0.409. The molecule has 0 heterocycles. The highest BCUT2D eigenvalue weighted by Crippen LogP contribution is 2.16. The van der Waals surface area contributed by atoms with Gasteiger partial charge in [0.15, 0.2) is 0 Å². The first-order valence-electron chi connectivity index (χ1n) is 9.53. The van der Waals surface area contributed by atoms with Crippen LogP contribution in [0.2, 0.25) is 0 Å². The molecule has 0 radical (unpaired) electrons. The molecule has 3 aromatic carbocycles. The summed E-state index contributed by atoms with van der Waals surface area (Å²) in [4.78, 5) is 0. The van der Waals surface area contributed by atoms with Crippen molar-refractivity contribution in [1.82, 2.24) is 0 Å². The Morgan fingerprint density at radius 2 is 1.08 bits per heavy atom. The van der Waals surface area contributed by atoms with Crippen LogP contribution in [-0.4, -0.2) is 0 Å². The molecule has 0 aromatic heterocycles. The van der Waals surface area contributed by atoms with E-state index < -0.39 is 0 Å². The van der Waals surface area contributed by atoms with Crippen LogP contribution in [0.4, 0.5) is 0 Å². The highest BCUT2D eigenvalue weighted by Gasteiger charge is 2.01. The zero-order chi connectivity index (χ0) is 17.3. The second-order valence-electron chi connectivity index (χ2n) is 6.93. The summed E-state index contributed by atoms with van der Waals surface area (Å²) in [5.41, 5.74) is 7.04. The van der Waals surface area contributed by atoms with Crippen molar-refractivity contribution in [1.29, 1.82) is 0 Å². The summed E-state index contributed by atoms with van der Waals surface area (Å²) in [6, 6.07) is 28.9. The lowest BCUT2D eigenvalue weighted by molar-refractivity contribution is 0.717. The van der Waals surface area contributed by atoms with Crippen molar-refractivity contribution in [3.05, 3.63) is 107 Å². The molecule has 3 rings (SSSR count). The Morgan fingerprint density at radius 1 is 0.520 bits per heavy atom. The third kappa shape index (κ3) is 5.60. The zero-order valence-electron chi connectivity index (χ0n) is 15.2. The van der Waals surface area contributed by atoms with Gasteiger partial charge in [0, 0.05) is 0 Å². The first-order chi connectivity index (χ1) is 12.3. The van der Waals surface area contributed by atoms with Crippen LogP contribution >= 0.6 is 0 Å². The van der Waals surface area contributed by atoms with E-state index in [9.17, 15) is 0 Å². The summed E-state index contributed by atoms with van der Waals surface area (Å²) in [6.45, 7) is 2.26. The Hall–Kier alpha value is -2.34. The van der Waals surface area contributed by atoms with E-state index in [1.165, 1.54) is 53.5 Å². The van der Waals surface area contributed by atoms with Crippen molar-refractivity contribution in [2.75, 3.05) is 0 Å². The lowest BCUT2D eigenvalue weighted by Crippen LogP contribution is -1.93. The predicted molar refractivity (Wildman–Crippen MR) is 108 cm³/mol. The number of hydrogen-bond donors (Lipinski definition) is 0. The van der Waals surface area contributed by atoms with E-state index in [2.05, 4.69) is 85.8 Å². The van der Waals surface area contributed by atoms with E-state index in [1.807, 2.05) is 0 Å². The van der Waals surface area contributed by atoms with Gasteiger partial charge in [-0.15, -0.1) is 0 Å². The van der Waals surface area contributed by atoms with Gasteiger partial charge >= 0.3 is 0 Å². The van der Waals surface area contributed by atoms with Crippen LogP contribution in [-0.2, 0) is 19.3 Å². The molecule has 3 aromatic rings. The Bertz CT molecular complexity index is 754. The van der Waals surface area contributed by atoms with Crippen LogP contribution in [0, 0.1) is 0 Å². The van der Waals surface area contributed by atoms with Gasteiger partial charge < -0.3 is 0 Å². The highest BCUT2D eigenvalue weighted by molar-refractivity contribution is 5.33. The maximum atomic E-state index is 2.38. The molecule has 0 aliphatic heterocycles. The average Bonchev–Trinajstić information content (AvgIpc) is 2.65. The molecule has 25 heavy (non-hydrogen) atoms. The lowest BCUT2D eigenvalue weighted by atomic mass is 9.98. The molecule has 0 atom stereocenters. The van der Waals surface area contributed by atoms with Crippen LogP contribution in [0.15, 0.2) is 78.9 Å². The van der Waals surface area contributed by atoms with Crippen LogP contribution in [0.5, 0.6) is 0 Å². The summed E-state index contributed by atoms with van der Waals surface area (Å²) in [5.74, 6) is 0. The Morgan fingerprint density at radius 3 is 1.76 bits per heavy atom. The third-order valence-electron chi connectivity index (χ3n) is 4.74. The number of unbranched alkanes of at least 4 members (excludes halogenated alkanes) is 2. The topological polar surface area (TPSA) is 0 Å². The van der Waals surface area contributed by atoms with Crippen molar-refractivity contribution in [2.45, 2.75) is 45.4 Å². The minimum absolute atomic E-state index is 1.01. The van der Waals surface area contributed by atoms with Crippen molar-refractivity contribution >= 4 is 0 Å². The fraction of sp³-hybridized carbons (Fsp3) is 0.280. The van der Waals surface area contributed by atoms with Gasteiger partial charge in [-0.3, -0.25) is 0 Å². The van der Waals surface area contributed by atoms with Gasteiger partial charge in [-0.25, -0.2) is 0 Å². The molecule has 0 amide bonds. The van der Waals surface area contributed by atoms with Gasteiger partial charge in [0.25, 0.3) is 0 Å². The van der Waals surface area contributed by atoms with Gasteiger partial charge in [0.05, 0.1) is 0 Å². The number of rotatable bonds is 8.